The van der Waals surface area contributed by atoms with Crippen LogP contribution in [0.25, 0.3) is 0 Å². The Morgan fingerprint density at radius 2 is 2.37 bits per heavy atom. The van der Waals surface area contributed by atoms with Crippen molar-refractivity contribution in [3.05, 3.63) is 28.2 Å². The van der Waals surface area contributed by atoms with Crippen molar-refractivity contribution >= 4 is 27.5 Å². The van der Waals surface area contributed by atoms with Gasteiger partial charge in [-0.25, -0.2) is 0 Å². The highest BCUT2D eigenvalue weighted by Gasteiger charge is 2.28. The van der Waals surface area contributed by atoms with Crippen LogP contribution in [0.15, 0.2) is 22.7 Å². The number of nitrogens with zero attached hydrogens (tertiary/aromatic N) is 2. The van der Waals surface area contributed by atoms with Crippen molar-refractivity contribution in [3.8, 4) is 6.07 Å². The van der Waals surface area contributed by atoms with Crippen LogP contribution in [-0.4, -0.2) is 38.6 Å². The molecule has 1 unspecified atom stereocenters. The molecular weight excluding hydrogens is 308 g/mol. The first-order chi connectivity index (χ1) is 9.15. The summed E-state index contributed by atoms with van der Waals surface area (Å²) in [6.45, 7) is 2.16. The van der Waals surface area contributed by atoms with Gasteiger partial charge in [0.2, 0.25) is 5.91 Å². The highest BCUT2D eigenvalue weighted by Crippen LogP contribution is 2.25. The van der Waals surface area contributed by atoms with Gasteiger partial charge in [0.1, 0.15) is 6.04 Å². The molecule has 0 aromatic heterocycles. The van der Waals surface area contributed by atoms with E-state index in [1.807, 2.05) is 17.0 Å². The second-order valence-corrected chi connectivity index (χ2v) is 5.25. The van der Waals surface area contributed by atoms with Crippen LogP contribution in [0.5, 0.6) is 0 Å². The SMILES string of the molecule is CNC(=O)C1CNCCN1c1cc(Br)cc(C#N)c1. The Morgan fingerprint density at radius 3 is 3.05 bits per heavy atom. The molecule has 100 valence electrons. The molecule has 1 saturated heterocycles. The second-order valence-electron chi connectivity index (χ2n) is 4.34. The standard InChI is InChI=1S/C13H15BrN4O/c1-16-13(19)12-8-17-2-3-18(12)11-5-9(7-15)4-10(14)6-11/h4-6,12,17H,2-3,8H2,1H3,(H,16,19). The summed E-state index contributed by atoms with van der Waals surface area (Å²) in [6.07, 6.45) is 0. The maximum atomic E-state index is 11.9. The first-order valence-corrected chi connectivity index (χ1v) is 6.84. The van der Waals surface area contributed by atoms with Crippen LogP contribution in [-0.2, 0) is 4.79 Å². The first-order valence-electron chi connectivity index (χ1n) is 6.05. The van der Waals surface area contributed by atoms with Gasteiger partial charge in [-0.1, -0.05) is 15.9 Å². The van der Waals surface area contributed by atoms with Gasteiger partial charge < -0.3 is 15.5 Å². The summed E-state index contributed by atoms with van der Waals surface area (Å²) in [5, 5.41) is 14.9. The summed E-state index contributed by atoms with van der Waals surface area (Å²) < 4.78 is 0.843. The summed E-state index contributed by atoms with van der Waals surface area (Å²) in [5.41, 5.74) is 1.47. The third-order valence-electron chi connectivity index (χ3n) is 3.14. The molecule has 1 aromatic carbocycles. The number of halogens is 1. The van der Waals surface area contributed by atoms with E-state index in [2.05, 4.69) is 32.6 Å². The summed E-state index contributed by atoms with van der Waals surface area (Å²) in [5.74, 6) is -0.0225. The lowest BCUT2D eigenvalue weighted by Crippen LogP contribution is -2.57. The first kappa shape index (κ1) is 13.8. The van der Waals surface area contributed by atoms with Gasteiger partial charge in [-0.15, -0.1) is 0 Å². The largest absolute Gasteiger partial charge is 0.357 e. The van der Waals surface area contributed by atoms with E-state index in [1.54, 1.807) is 13.1 Å². The third kappa shape index (κ3) is 3.06. The van der Waals surface area contributed by atoms with Crippen LogP contribution in [0.3, 0.4) is 0 Å². The molecule has 0 radical (unpaired) electrons. The van der Waals surface area contributed by atoms with Gasteiger partial charge in [0, 0.05) is 36.8 Å². The monoisotopic (exact) mass is 322 g/mol. The number of carbonyl (C=O) groups excluding carboxylic acids is 1. The molecule has 0 bridgehead atoms. The fourth-order valence-corrected chi connectivity index (χ4v) is 2.70. The lowest BCUT2D eigenvalue weighted by Gasteiger charge is -2.36. The molecule has 1 heterocycles. The molecule has 1 aliphatic rings. The zero-order chi connectivity index (χ0) is 13.8. The van der Waals surface area contributed by atoms with E-state index in [4.69, 9.17) is 5.26 Å². The van der Waals surface area contributed by atoms with E-state index in [1.165, 1.54) is 0 Å². The van der Waals surface area contributed by atoms with Crippen molar-refractivity contribution in [3.63, 3.8) is 0 Å². The minimum atomic E-state index is -0.250. The lowest BCUT2D eigenvalue weighted by molar-refractivity contribution is -0.122. The molecule has 1 atom stereocenters. The third-order valence-corrected chi connectivity index (χ3v) is 3.59. The smallest absolute Gasteiger partial charge is 0.243 e. The maximum Gasteiger partial charge on any atom is 0.243 e. The van der Waals surface area contributed by atoms with Crippen LogP contribution in [0.2, 0.25) is 0 Å². The number of rotatable bonds is 2. The Bertz CT molecular complexity index is 526. The van der Waals surface area contributed by atoms with Gasteiger partial charge in [-0.3, -0.25) is 4.79 Å². The van der Waals surface area contributed by atoms with E-state index in [0.29, 0.717) is 12.1 Å². The van der Waals surface area contributed by atoms with E-state index in [0.717, 1.165) is 23.2 Å². The molecule has 1 aromatic rings. The van der Waals surface area contributed by atoms with Gasteiger partial charge in [-0.05, 0) is 18.2 Å². The van der Waals surface area contributed by atoms with Crippen molar-refractivity contribution in [2.24, 2.45) is 0 Å². The zero-order valence-corrected chi connectivity index (χ0v) is 12.2. The van der Waals surface area contributed by atoms with Crippen LogP contribution < -0.4 is 15.5 Å². The topological polar surface area (TPSA) is 68.2 Å². The summed E-state index contributed by atoms with van der Waals surface area (Å²) in [7, 11) is 1.64. The molecule has 0 saturated carbocycles. The predicted octanol–water partition coefficient (Wildman–Crippen LogP) is 0.845. The highest BCUT2D eigenvalue weighted by atomic mass is 79.9. The van der Waals surface area contributed by atoms with Crippen LogP contribution >= 0.6 is 15.9 Å². The fourth-order valence-electron chi connectivity index (χ4n) is 2.22. The minimum Gasteiger partial charge on any atom is -0.357 e. The normalized spacial score (nSPS) is 18.8. The van der Waals surface area contributed by atoms with Crippen LogP contribution in [0, 0.1) is 11.3 Å². The Morgan fingerprint density at radius 1 is 1.58 bits per heavy atom. The van der Waals surface area contributed by atoms with E-state index in [9.17, 15) is 4.79 Å². The van der Waals surface area contributed by atoms with E-state index < -0.39 is 0 Å². The van der Waals surface area contributed by atoms with E-state index in [-0.39, 0.29) is 11.9 Å². The molecule has 6 heteroatoms. The molecule has 0 spiro atoms. The van der Waals surface area contributed by atoms with Gasteiger partial charge in [0.25, 0.3) is 0 Å². The van der Waals surface area contributed by atoms with Gasteiger partial charge >= 0.3 is 0 Å². The van der Waals surface area contributed by atoms with Crippen LogP contribution in [0.1, 0.15) is 5.56 Å². The van der Waals surface area contributed by atoms with Crippen LogP contribution in [0.4, 0.5) is 5.69 Å². The summed E-state index contributed by atoms with van der Waals surface area (Å²) in [6, 6.07) is 7.39. The number of piperazine rings is 1. The molecule has 0 aliphatic carbocycles. The van der Waals surface area contributed by atoms with Gasteiger partial charge in [0.15, 0.2) is 0 Å². The molecule has 1 fully saturated rings. The van der Waals surface area contributed by atoms with Gasteiger partial charge in [-0.2, -0.15) is 5.26 Å². The number of nitrogens with one attached hydrogen (secondary N) is 2. The number of likely N-dealkylation sites (N-methyl/N-ethyl adjacent to an activating group) is 1. The van der Waals surface area contributed by atoms with Crippen molar-refractivity contribution < 1.29 is 4.79 Å². The number of hydrogen-bond acceptors (Lipinski definition) is 4. The summed E-state index contributed by atoms with van der Waals surface area (Å²) in [4.78, 5) is 13.9. The molecule has 2 rings (SSSR count). The molecule has 19 heavy (non-hydrogen) atoms. The molecule has 1 amide bonds. The molecular formula is C13H15BrN4O. The Balaban J connectivity index is 2.35. The van der Waals surface area contributed by atoms with E-state index >= 15 is 0 Å². The quantitative estimate of drug-likeness (QED) is 0.847. The highest BCUT2D eigenvalue weighted by molar-refractivity contribution is 9.10. The number of anilines is 1. The predicted molar refractivity (Wildman–Crippen MR) is 76.9 cm³/mol. The summed E-state index contributed by atoms with van der Waals surface area (Å²) >= 11 is 3.40. The Kier molecular flexibility index (Phi) is 4.40. The van der Waals surface area contributed by atoms with Crippen molar-refractivity contribution in [2.45, 2.75) is 6.04 Å². The number of amides is 1. The number of hydrogen-bond donors (Lipinski definition) is 2. The molecule has 1 aliphatic heterocycles. The van der Waals surface area contributed by atoms with Crippen molar-refractivity contribution in [1.29, 1.82) is 5.26 Å². The molecule has 5 nitrogen and oxygen atoms in total. The van der Waals surface area contributed by atoms with Gasteiger partial charge in [0.05, 0.1) is 11.6 Å². The average molecular weight is 323 g/mol. The Labute approximate surface area is 120 Å². The van der Waals surface area contributed by atoms with Crippen molar-refractivity contribution in [2.75, 3.05) is 31.6 Å². The number of benzene rings is 1. The average Bonchev–Trinajstić information content (AvgIpc) is 2.45. The number of nitriles is 1. The Hall–Kier alpha value is -1.58. The lowest BCUT2D eigenvalue weighted by atomic mass is 10.1. The minimum absolute atomic E-state index is 0.0225. The second kappa shape index (κ2) is 6.04. The zero-order valence-electron chi connectivity index (χ0n) is 10.6. The maximum absolute atomic E-state index is 11.9. The van der Waals surface area contributed by atoms with Crippen molar-refractivity contribution in [1.82, 2.24) is 10.6 Å². The fraction of sp³-hybridized carbons (Fsp3) is 0.385. The number of carbonyl (C=O) groups is 1. The molecule has 2 N–H and O–H groups in total.